The van der Waals surface area contributed by atoms with Gasteiger partial charge >= 0.3 is 12.1 Å². The van der Waals surface area contributed by atoms with Crippen molar-refractivity contribution in [1.29, 1.82) is 0 Å². The van der Waals surface area contributed by atoms with Crippen molar-refractivity contribution >= 4 is 17.7 Å². The van der Waals surface area contributed by atoms with Crippen LogP contribution >= 0.6 is 0 Å². The number of imidazole rings is 1. The Morgan fingerprint density at radius 1 is 1.12 bits per heavy atom. The molecule has 0 unspecified atom stereocenters. The summed E-state index contributed by atoms with van der Waals surface area (Å²) in [4.78, 5) is 28.3. The SMILES string of the molecule is CC(C)(C)OC(=O)N[C@H]1Cc2c(nc3cc(C(=O)O)ccn23)C[C@@H]1c1cc(F)c(F)cc1F. The first kappa shape index (κ1) is 22.6. The Morgan fingerprint density at radius 3 is 2.48 bits per heavy atom. The van der Waals surface area contributed by atoms with Crippen LogP contribution in [0.1, 0.15) is 54.0 Å². The van der Waals surface area contributed by atoms with Gasteiger partial charge in [0.15, 0.2) is 11.6 Å². The number of benzene rings is 1. The van der Waals surface area contributed by atoms with Crippen LogP contribution in [-0.4, -0.2) is 38.2 Å². The van der Waals surface area contributed by atoms with E-state index < -0.39 is 47.1 Å². The van der Waals surface area contributed by atoms with E-state index in [0.29, 0.717) is 23.1 Å². The monoisotopic (exact) mass is 461 g/mol. The summed E-state index contributed by atoms with van der Waals surface area (Å²) in [6.45, 7) is 5.09. The molecule has 4 rings (SSSR count). The van der Waals surface area contributed by atoms with E-state index in [4.69, 9.17) is 4.74 Å². The molecule has 0 spiro atoms. The average molecular weight is 461 g/mol. The lowest BCUT2D eigenvalue weighted by molar-refractivity contribution is 0.0492. The van der Waals surface area contributed by atoms with Gasteiger partial charge in [0.05, 0.1) is 11.3 Å². The van der Waals surface area contributed by atoms with Crippen molar-refractivity contribution in [3.05, 3.63) is 70.4 Å². The number of aromatic nitrogens is 2. The fourth-order valence-corrected chi connectivity index (χ4v) is 4.12. The summed E-state index contributed by atoms with van der Waals surface area (Å²) >= 11 is 0. The van der Waals surface area contributed by atoms with Crippen LogP contribution in [0.4, 0.5) is 18.0 Å². The van der Waals surface area contributed by atoms with Gasteiger partial charge in [-0.15, -0.1) is 0 Å². The first-order valence-corrected chi connectivity index (χ1v) is 10.3. The number of carboxylic acids is 1. The van der Waals surface area contributed by atoms with Gasteiger partial charge < -0.3 is 19.6 Å². The van der Waals surface area contributed by atoms with Crippen molar-refractivity contribution in [2.45, 2.75) is 51.2 Å². The maximum atomic E-state index is 14.7. The molecule has 0 fully saturated rings. The fourth-order valence-electron chi connectivity index (χ4n) is 4.12. The van der Waals surface area contributed by atoms with E-state index in [2.05, 4.69) is 10.3 Å². The van der Waals surface area contributed by atoms with Crippen molar-refractivity contribution in [2.75, 3.05) is 0 Å². The summed E-state index contributed by atoms with van der Waals surface area (Å²) < 4.78 is 49.2. The van der Waals surface area contributed by atoms with Gasteiger partial charge in [-0.3, -0.25) is 0 Å². The van der Waals surface area contributed by atoms with Crippen LogP contribution in [0.5, 0.6) is 0 Å². The van der Waals surface area contributed by atoms with E-state index in [0.717, 1.165) is 6.07 Å². The summed E-state index contributed by atoms with van der Waals surface area (Å²) in [7, 11) is 0. The van der Waals surface area contributed by atoms with Crippen molar-refractivity contribution in [2.24, 2.45) is 0 Å². The number of rotatable bonds is 3. The van der Waals surface area contributed by atoms with Crippen LogP contribution in [0.2, 0.25) is 0 Å². The molecule has 10 heteroatoms. The average Bonchev–Trinajstić information content (AvgIpc) is 3.05. The largest absolute Gasteiger partial charge is 0.478 e. The number of carbonyl (C=O) groups is 2. The quantitative estimate of drug-likeness (QED) is 0.570. The van der Waals surface area contributed by atoms with Gasteiger partial charge in [0.2, 0.25) is 0 Å². The van der Waals surface area contributed by atoms with Gasteiger partial charge in [-0.25, -0.2) is 27.7 Å². The van der Waals surface area contributed by atoms with Crippen molar-refractivity contribution in [3.63, 3.8) is 0 Å². The number of nitrogens with zero attached hydrogens (tertiary/aromatic N) is 2. The Hall–Kier alpha value is -3.56. The fraction of sp³-hybridized carbons (Fsp3) is 0.348. The second-order valence-corrected chi connectivity index (χ2v) is 9.01. The van der Waals surface area contributed by atoms with Gasteiger partial charge in [-0.05, 0) is 44.5 Å². The molecule has 0 saturated carbocycles. The number of carboxylic acid groups (broad SMARTS) is 1. The number of fused-ring (bicyclic) bond motifs is 3. The minimum atomic E-state index is -1.31. The van der Waals surface area contributed by atoms with Crippen LogP contribution < -0.4 is 5.32 Å². The highest BCUT2D eigenvalue weighted by molar-refractivity contribution is 5.88. The van der Waals surface area contributed by atoms with E-state index in [1.54, 1.807) is 31.4 Å². The number of halogens is 3. The summed E-state index contributed by atoms with van der Waals surface area (Å²) in [5, 5.41) is 12.0. The lowest BCUT2D eigenvalue weighted by atomic mass is 9.80. The van der Waals surface area contributed by atoms with Gasteiger partial charge in [-0.2, -0.15) is 0 Å². The zero-order chi connectivity index (χ0) is 24.1. The standard InChI is InChI=1S/C23H22F3N3O4/c1-23(2,3)33-22(32)28-17-10-19-18(27-20-6-11(21(30)31)4-5-29(19)20)8-13(17)12-7-15(25)16(26)9-14(12)24/h4-7,9,13,17H,8,10H2,1-3H3,(H,28,32)(H,30,31)/t13-,17+/m1/s1. The molecule has 3 aromatic rings. The third-order valence-electron chi connectivity index (χ3n) is 5.51. The Balaban J connectivity index is 1.77. The van der Waals surface area contributed by atoms with Crippen LogP contribution in [0.15, 0.2) is 30.5 Å². The number of nitrogens with one attached hydrogen (secondary N) is 1. The molecule has 2 atom stereocenters. The molecule has 0 saturated heterocycles. The molecule has 33 heavy (non-hydrogen) atoms. The lowest BCUT2D eigenvalue weighted by Gasteiger charge is -2.33. The van der Waals surface area contributed by atoms with Gasteiger partial charge in [0, 0.05) is 42.8 Å². The van der Waals surface area contributed by atoms with Crippen LogP contribution in [-0.2, 0) is 17.6 Å². The molecule has 1 amide bonds. The highest BCUT2D eigenvalue weighted by Gasteiger charge is 2.36. The second-order valence-electron chi connectivity index (χ2n) is 9.01. The van der Waals surface area contributed by atoms with Crippen molar-refractivity contribution in [3.8, 4) is 0 Å². The highest BCUT2D eigenvalue weighted by atomic mass is 19.2. The topological polar surface area (TPSA) is 92.9 Å². The van der Waals surface area contributed by atoms with Crippen molar-refractivity contribution < 1.29 is 32.6 Å². The molecule has 1 aromatic carbocycles. The third kappa shape index (κ3) is 4.50. The molecule has 1 aliphatic rings. The molecule has 7 nitrogen and oxygen atoms in total. The number of hydrogen-bond donors (Lipinski definition) is 2. The van der Waals surface area contributed by atoms with Gasteiger partial charge in [0.1, 0.15) is 17.1 Å². The predicted octanol–water partition coefficient (Wildman–Crippen LogP) is 4.23. The summed E-state index contributed by atoms with van der Waals surface area (Å²) in [5.41, 5.74) is 0.808. The minimum Gasteiger partial charge on any atom is -0.478 e. The first-order chi connectivity index (χ1) is 15.4. The Labute approximate surface area is 187 Å². The second kappa shape index (κ2) is 8.09. The van der Waals surface area contributed by atoms with Crippen LogP contribution in [0.25, 0.3) is 5.65 Å². The Bertz CT molecular complexity index is 1270. The maximum absolute atomic E-state index is 14.7. The lowest BCUT2D eigenvalue weighted by Crippen LogP contribution is -2.46. The van der Waals surface area contributed by atoms with Gasteiger partial charge in [0.25, 0.3) is 0 Å². The number of amides is 1. The zero-order valence-corrected chi connectivity index (χ0v) is 18.2. The van der Waals surface area contributed by atoms with E-state index in [-0.39, 0.29) is 24.0 Å². The van der Waals surface area contributed by atoms with E-state index in [1.165, 1.54) is 12.1 Å². The smallest absolute Gasteiger partial charge is 0.407 e. The van der Waals surface area contributed by atoms with E-state index >= 15 is 0 Å². The minimum absolute atomic E-state index is 0.0523. The number of pyridine rings is 1. The number of ether oxygens (including phenoxy) is 1. The molecule has 0 radical (unpaired) electrons. The molecule has 0 bridgehead atoms. The van der Waals surface area contributed by atoms with Crippen LogP contribution in [0, 0.1) is 17.5 Å². The first-order valence-electron chi connectivity index (χ1n) is 10.3. The summed E-state index contributed by atoms with van der Waals surface area (Å²) in [5.74, 6) is -5.31. The predicted molar refractivity (Wildman–Crippen MR) is 112 cm³/mol. The van der Waals surface area contributed by atoms with Gasteiger partial charge in [-0.1, -0.05) is 0 Å². The Kier molecular flexibility index (Phi) is 5.55. The molecular weight excluding hydrogens is 439 g/mol. The molecule has 0 aliphatic heterocycles. The molecule has 174 valence electrons. The number of carbonyl (C=O) groups excluding carboxylic acids is 1. The van der Waals surface area contributed by atoms with Crippen LogP contribution in [0.3, 0.4) is 0 Å². The molecule has 2 N–H and O–H groups in total. The molecule has 1 aliphatic carbocycles. The zero-order valence-electron chi connectivity index (χ0n) is 18.2. The normalized spacial score (nSPS) is 18.1. The number of aromatic carboxylic acids is 1. The highest BCUT2D eigenvalue weighted by Crippen LogP contribution is 2.35. The summed E-state index contributed by atoms with van der Waals surface area (Å²) in [6.07, 6.45) is 1.13. The molecule has 2 aromatic heterocycles. The summed E-state index contributed by atoms with van der Waals surface area (Å²) in [6, 6.07) is 3.39. The van der Waals surface area contributed by atoms with Crippen molar-refractivity contribution in [1.82, 2.24) is 14.7 Å². The third-order valence-corrected chi connectivity index (χ3v) is 5.51. The number of hydrogen-bond acceptors (Lipinski definition) is 4. The van der Waals surface area contributed by atoms with E-state index in [9.17, 15) is 27.9 Å². The number of alkyl carbamates (subject to hydrolysis) is 1. The Morgan fingerprint density at radius 2 is 1.82 bits per heavy atom. The molecular formula is C23H22F3N3O4. The maximum Gasteiger partial charge on any atom is 0.407 e. The van der Waals surface area contributed by atoms with E-state index in [1.807, 2.05) is 0 Å². The molecule has 2 heterocycles.